The average Bonchev–Trinajstić information content (AvgIpc) is 2.28. The van der Waals surface area contributed by atoms with Gasteiger partial charge in [0.25, 0.3) is 5.56 Å². The summed E-state index contributed by atoms with van der Waals surface area (Å²) in [6, 6.07) is 10.1. The summed E-state index contributed by atoms with van der Waals surface area (Å²) in [6.45, 7) is -0.133. The molecule has 0 aliphatic rings. The van der Waals surface area contributed by atoms with Crippen LogP contribution in [0.4, 0.5) is 0 Å². The molecule has 1 aromatic carbocycles. The third kappa shape index (κ3) is 2.15. The van der Waals surface area contributed by atoms with Crippen molar-refractivity contribution in [3.8, 4) is 5.69 Å². The Balaban J connectivity index is 2.53. The van der Waals surface area contributed by atoms with Crippen molar-refractivity contribution >= 4 is 11.6 Å². The lowest BCUT2D eigenvalue weighted by Crippen LogP contribution is -2.17. The monoisotopic (exact) mass is 235 g/mol. The van der Waals surface area contributed by atoms with Crippen molar-refractivity contribution in [2.24, 2.45) is 0 Å². The van der Waals surface area contributed by atoms with Gasteiger partial charge in [-0.25, -0.2) is 0 Å². The highest BCUT2D eigenvalue weighted by molar-refractivity contribution is 6.30. The normalized spacial score (nSPS) is 10.4. The standard InChI is InChI=1S/C12H10ClNO2/c13-10-2-1-3-11(7-10)14-5-4-9(8-15)6-12(14)16/h1-7,15H,8H2. The van der Waals surface area contributed by atoms with E-state index in [0.717, 1.165) is 0 Å². The SMILES string of the molecule is O=c1cc(CO)ccn1-c1cccc(Cl)c1. The molecule has 3 nitrogen and oxygen atoms in total. The van der Waals surface area contributed by atoms with E-state index in [1.54, 1.807) is 36.5 Å². The van der Waals surface area contributed by atoms with E-state index in [-0.39, 0.29) is 12.2 Å². The second-order valence-electron chi connectivity index (χ2n) is 3.38. The van der Waals surface area contributed by atoms with E-state index >= 15 is 0 Å². The summed E-state index contributed by atoms with van der Waals surface area (Å²) in [4.78, 5) is 11.7. The van der Waals surface area contributed by atoms with Crippen LogP contribution in [-0.4, -0.2) is 9.67 Å². The molecule has 0 spiro atoms. The van der Waals surface area contributed by atoms with Crippen LogP contribution in [0.2, 0.25) is 5.02 Å². The lowest BCUT2D eigenvalue weighted by molar-refractivity contribution is 0.281. The average molecular weight is 236 g/mol. The molecule has 2 rings (SSSR count). The van der Waals surface area contributed by atoms with Gasteiger partial charge in [-0.2, -0.15) is 0 Å². The van der Waals surface area contributed by atoms with Gasteiger partial charge in [0.05, 0.1) is 12.3 Å². The molecule has 0 radical (unpaired) electrons. The van der Waals surface area contributed by atoms with Gasteiger partial charge in [-0.05, 0) is 29.8 Å². The second-order valence-corrected chi connectivity index (χ2v) is 3.82. The second kappa shape index (κ2) is 4.51. The third-order valence-corrected chi connectivity index (χ3v) is 2.49. The first-order valence-electron chi connectivity index (χ1n) is 4.79. The van der Waals surface area contributed by atoms with Crippen LogP contribution in [0, 0.1) is 0 Å². The van der Waals surface area contributed by atoms with E-state index in [0.29, 0.717) is 16.3 Å². The highest BCUT2D eigenvalue weighted by Gasteiger charge is 2.01. The fourth-order valence-electron chi connectivity index (χ4n) is 1.46. The first kappa shape index (κ1) is 10.9. The van der Waals surface area contributed by atoms with Crippen LogP contribution in [-0.2, 0) is 6.61 Å². The summed E-state index contributed by atoms with van der Waals surface area (Å²) in [5.74, 6) is 0. The largest absolute Gasteiger partial charge is 0.392 e. The summed E-state index contributed by atoms with van der Waals surface area (Å²) < 4.78 is 1.48. The lowest BCUT2D eigenvalue weighted by atomic mass is 10.2. The molecule has 1 heterocycles. The van der Waals surface area contributed by atoms with Crippen LogP contribution in [0.3, 0.4) is 0 Å². The maximum Gasteiger partial charge on any atom is 0.255 e. The van der Waals surface area contributed by atoms with E-state index in [1.165, 1.54) is 10.6 Å². The molecule has 1 aromatic heterocycles. The lowest BCUT2D eigenvalue weighted by Gasteiger charge is -2.06. The fourth-order valence-corrected chi connectivity index (χ4v) is 1.64. The Morgan fingerprint density at radius 3 is 2.69 bits per heavy atom. The number of nitrogens with zero attached hydrogens (tertiary/aromatic N) is 1. The maximum atomic E-state index is 11.7. The molecule has 0 bridgehead atoms. The fraction of sp³-hybridized carbons (Fsp3) is 0.0833. The van der Waals surface area contributed by atoms with Crippen LogP contribution >= 0.6 is 11.6 Å². The van der Waals surface area contributed by atoms with Gasteiger partial charge in [0.15, 0.2) is 0 Å². The predicted molar refractivity (Wildman–Crippen MR) is 63.0 cm³/mol. The summed E-state index contributed by atoms with van der Waals surface area (Å²) >= 11 is 5.85. The van der Waals surface area contributed by atoms with Crippen LogP contribution in [0.1, 0.15) is 5.56 Å². The van der Waals surface area contributed by atoms with E-state index in [4.69, 9.17) is 16.7 Å². The first-order chi connectivity index (χ1) is 7.70. The van der Waals surface area contributed by atoms with Gasteiger partial charge in [0, 0.05) is 17.3 Å². The number of aromatic nitrogens is 1. The van der Waals surface area contributed by atoms with E-state index < -0.39 is 0 Å². The molecule has 2 aromatic rings. The van der Waals surface area contributed by atoms with Crippen molar-refractivity contribution in [1.82, 2.24) is 4.57 Å². The molecule has 0 aliphatic carbocycles. The number of halogens is 1. The molecule has 82 valence electrons. The van der Waals surface area contributed by atoms with Crippen LogP contribution in [0.25, 0.3) is 5.69 Å². The molecule has 0 aliphatic heterocycles. The van der Waals surface area contributed by atoms with Crippen LogP contribution < -0.4 is 5.56 Å². The number of aliphatic hydroxyl groups is 1. The Morgan fingerprint density at radius 1 is 1.25 bits per heavy atom. The maximum absolute atomic E-state index is 11.7. The summed E-state index contributed by atoms with van der Waals surface area (Å²) in [6.07, 6.45) is 1.62. The minimum atomic E-state index is -0.186. The quantitative estimate of drug-likeness (QED) is 0.865. The third-order valence-electron chi connectivity index (χ3n) is 2.25. The molecule has 1 N–H and O–H groups in total. The van der Waals surface area contributed by atoms with Crippen LogP contribution in [0.15, 0.2) is 47.4 Å². The highest BCUT2D eigenvalue weighted by Crippen LogP contribution is 2.13. The van der Waals surface area contributed by atoms with E-state index in [1.807, 2.05) is 0 Å². The zero-order chi connectivity index (χ0) is 11.5. The van der Waals surface area contributed by atoms with Crippen molar-refractivity contribution in [2.45, 2.75) is 6.61 Å². The molecule has 0 saturated heterocycles. The number of hydrogen-bond acceptors (Lipinski definition) is 2. The molecular formula is C12H10ClNO2. The number of pyridine rings is 1. The topological polar surface area (TPSA) is 42.2 Å². The number of aliphatic hydroxyl groups excluding tert-OH is 1. The van der Waals surface area contributed by atoms with Crippen molar-refractivity contribution in [2.75, 3.05) is 0 Å². The van der Waals surface area contributed by atoms with Gasteiger partial charge in [0.1, 0.15) is 0 Å². The van der Waals surface area contributed by atoms with Gasteiger partial charge in [-0.1, -0.05) is 17.7 Å². The zero-order valence-corrected chi connectivity index (χ0v) is 9.19. The number of rotatable bonds is 2. The van der Waals surface area contributed by atoms with E-state index in [9.17, 15) is 4.79 Å². The van der Waals surface area contributed by atoms with Crippen LogP contribution in [0.5, 0.6) is 0 Å². The molecule has 0 amide bonds. The Labute approximate surface area is 97.5 Å². The summed E-state index contributed by atoms with van der Waals surface area (Å²) in [5.41, 5.74) is 1.12. The molecule has 16 heavy (non-hydrogen) atoms. The minimum Gasteiger partial charge on any atom is -0.392 e. The van der Waals surface area contributed by atoms with Crippen molar-refractivity contribution < 1.29 is 5.11 Å². The Hall–Kier alpha value is -1.58. The van der Waals surface area contributed by atoms with Gasteiger partial charge in [-0.15, -0.1) is 0 Å². The molecule has 0 saturated carbocycles. The molecule has 0 atom stereocenters. The van der Waals surface area contributed by atoms with Gasteiger partial charge >= 0.3 is 0 Å². The Morgan fingerprint density at radius 2 is 2.06 bits per heavy atom. The molecule has 4 heteroatoms. The minimum absolute atomic E-state index is 0.133. The van der Waals surface area contributed by atoms with Gasteiger partial charge in [-0.3, -0.25) is 9.36 Å². The van der Waals surface area contributed by atoms with Crippen molar-refractivity contribution in [3.05, 3.63) is 63.5 Å². The smallest absolute Gasteiger partial charge is 0.255 e. The van der Waals surface area contributed by atoms with Gasteiger partial charge in [0.2, 0.25) is 0 Å². The van der Waals surface area contributed by atoms with E-state index in [2.05, 4.69) is 0 Å². The Kier molecular flexibility index (Phi) is 3.08. The zero-order valence-electron chi connectivity index (χ0n) is 8.43. The summed E-state index contributed by atoms with van der Waals surface area (Å²) in [5, 5.41) is 9.48. The molecule has 0 unspecified atom stereocenters. The molecule has 0 fully saturated rings. The van der Waals surface area contributed by atoms with Gasteiger partial charge < -0.3 is 5.11 Å². The molecular weight excluding hydrogens is 226 g/mol. The Bertz CT molecular complexity index is 563. The van der Waals surface area contributed by atoms with Crippen molar-refractivity contribution in [3.63, 3.8) is 0 Å². The number of hydrogen-bond donors (Lipinski definition) is 1. The summed E-state index contributed by atoms with van der Waals surface area (Å²) in [7, 11) is 0. The number of benzene rings is 1. The van der Waals surface area contributed by atoms with Crippen molar-refractivity contribution in [1.29, 1.82) is 0 Å². The first-order valence-corrected chi connectivity index (χ1v) is 5.17. The highest BCUT2D eigenvalue weighted by atomic mass is 35.5. The predicted octanol–water partition coefficient (Wildman–Crippen LogP) is 1.98.